The highest BCUT2D eigenvalue weighted by atomic mass is 32.2. The molecule has 0 radical (unpaired) electrons. The Morgan fingerprint density at radius 1 is 1.14 bits per heavy atom. The molecule has 8 heteroatoms. The zero-order chi connectivity index (χ0) is 21.9. The van der Waals surface area contributed by atoms with Crippen molar-refractivity contribution >= 4 is 15.9 Å². The molecular weight excluding hydrogens is 388 g/mol. The Morgan fingerprint density at radius 2 is 1.66 bits per heavy atom. The van der Waals surface area contributed by atoms with E-state index in [1.807, 2.05) is 4.90 Å². The van der Waals surface area contributed by atoms with Gasteiger partial charge in [0.15, 0.2) is 0 Å². The van der Waals surface area contributed by atoms with Gasteiger partial charge in [-0.1, -0.05) is 20.8 Å². The monoisotopic (exact) mass is 426 g/mol. The largest absolute Gasteiger partial charge is 0.336 e. The molecule has 0 N–H and O–H groups in total. The first-order chi connectivity index (χ1) is 13.5. The smallest absolute Gasteiger partial charge is 0.246 e. The first kappa shape index (κ1) is 23.9. The van der Waals surface area contributed by atoms with Crippen LogP contribution in [0.15, 0.2) is 4.90 Å². The number of nitrogens with zero attached hydrogens (tertiary/aromatic N) is 4. The van der Waals surface area contributed by atoms with Gasteiger partial charge in [0.2, 0.25) is 15.9 Å². The molecule has 1 saturated heterocycles. The van der Waals surface area contributed by atoms with Gasteiger partial charge in [-0.05, 0) is 59.3 Å². The van der Waals surface area contributed by atoms with Gasteiger partial charge in [-0.3, -0.25) is 9.48 Å². The van der Waals surface area contributed by atoms with E-state index < -0.39 is 10.0 Å². The van der Waals surface area contributed by atoms with Crippen LogP contribution in [0.3, 0.4) is 0 Å². The minimum absolute atomic E-state index is 0.0185. The van der Waals surface area contributed by atoms with Crippen LogP contribution in [0.4, 0.5) is 0 Å². The summed E-state index contributed by atoms with van der Waals surface area (Å²) in [5, 5.41) is 4.44. The number of piperidine rings is 1. The molecule has 1 amide bonds. The molecule has 0 saturated carbocycles. The molecule has 2 heterocycles. The molecule has 166 valence electrons. The fourth-order valence-electron chi connectivity index (χ4n) is 4.09. The Hall–Kier alpha value is -1.41. The highest BCUT2D eigenvalue weighted by Gasteiger charge is 2.33. The Balaban J connectivity index is 2.30. The van der Waals surface area contributed by atoms with Crippen molar-refractivity contribution < 1.29 is 13.2 Å². The van der Waals surface area contributed by atoms with E-state index in [2.05, 4.69) is 39.7 Å². The van der Waals surface area contributed by atoms with E-state index in [0.717, 1.165) is 25.7 Å². The third-order valence-corrected chi connectivity index (χ3v) is 8.51. The van der Waals surface area contributed by atoms with Gasteiger partial charge in [-0.2, -0.15) is 9.40 Å². The van der Waals surface area contributed by atoms with Crippen LogP contribution in [0, 0.1) is 19.8 Å². The van der Waals surface area contributed by atoms with Crippen LogP contribution in [0.1, 0.15) is 71.7 Å². The summed E-state index contributed by atoms with van der Waals surface area (Å²) in [7, 11) is -3.60. The van der Waals surface area contributed by atoms with E-state index in [0.29, 0.717) is 30.4 Å². The predicted octanol–water partition coefficient (Wildman–Crippen LogP) is 3.35. The lowest BCUT2D eigenvalue weighted by molar-refractivity contribution is -0.136. The third kappa shape index (κ3) is 5.02. The summed E-state index contributed by atoms with van der Waals surface area (Å²) in [5.74, 6) is 0.533. The van der Waals surface area contributed by atoms with Gasteiger partial charge in [0.05, 0.1) is 11.4 Å². The lowest BCUT2D eigenvalue weighted by atomic mass is 10.0. The number of sulfonamides is 1. The van der Waals surface area contributed by atoms with Gasteiger partial charge >= 0.3 is 0 Å². The molecule has 1 aromatic rings. The Labute approximate surface area is 176 Å². The van der Waals surface area contributed by atoms with Crippen molar-refractivity contribution in [3.05, 3.63) is 11.4 Å². The molecule has 1 aliphatic rings. The Morgan fingerprint density at radius 3 is 2.14 bits per heavy atom. The molecular formula is C21H38N4O3S. The first-order valence-corrected chi connectivity index (χ1v) is 12.3. The van der Waals surface area contributed by atoms with E-state index >= 15 is 0 Å². The predicted molar refractivity (Wildman–Crippen MR) is 115 cm³/mol. The van der Waals surface area contributed by atoms with Crippen molar-refractivity contribution in [2.24, 2.45) is 5.92 Å². The average molecular weight is 427 g/mol. The number of hydrogen-bond acceptors (Lipinski definition) is 4. The van der Waals surface area contributed by atoms with E-state index in [9.17, 15) is 13.2 Å². The number of carbonyl (C=O) groups is 1. The van der Waals surface area contributed by atoms with Crippen molar-refractivity contribution in [3.8, 4) is 0 Å². The molecule has 0 aromatic carbocycles. The topological polar surface area (TPSA) is 75.5 Å². The van der Waals surface area contributed by atoms with Crippen LogP contribution in [-0.4, -0.2) is 58.5 Å². The molecule has 0 bridgehead atoms. The molecule has 0 aliphatic carbocycles. The second-order valence-electron chi connectivity index (χ2n) is 8.56. The Kier molecular flexibility index (Phi) is 7.90. The van der Waals surface area contributed by atoms with E-state index in [1.54, 1.807) is 22.8 Å². The molecule has 7 nitrogen and oxygen atoms in total. The Bertz CT molecular complexity index is 800. The maximum Gasteiger partial charge on any atom is 0.246 e. The summed E-state index contributed by atoms with van der Waals surface area (Å²) in [6, 6.07) is 0.265. The molecule has 29 heavy (non-hydrogen) atoms. The van der Waals surface area contributed by atoms with Gasteiger partial charge in [0.25, 0.3) is 0 Å². The summed E-state index contributed by atoms with van der Waals surface area (Å²) in [6.07, 6.45) is 3.51. The number of aryl methyl sites for hydroxylation is 1. The molecule has 1 aliphatic heterocycles. The zero-order valence-corrected chi connectivity index (χ0v) is 19.9. The standard InChI is InChI=1S/C21H38N4O3S/c1-8-16(4)25(17(5)9-2)20(26)14-24-19(7)21(18(6)22-24)29(27,28)23-12-10-15(3)11-13-23/h15-17H,8-14H2,1-7H3/t16-,17-/m1/s1. The number of hydrogen-bond donors (Lipinski definition) is 0. The summed E-state index contributed by atoms with van der Waals surface area (Å²) < 4.78 is 29.6. The second-order valence-corrected chi connectivity index (χ2v) is 10.4. The number of aromatic nitrogens is 2. The van der Waals surface area contributed by atoms with Crippen molar-refractivity contribution in [2.75, 3.05) is 13.1 Å². The maximum absolute atomic E-state index is 13.3. The summed E-state index contributed by atoms with van der Waals surface area (Å²) in [6.45, 7) is 15.0. The van der Waals surface area contributed by atoms with Crippen molar-refractivity contribution in [2.45, 2.75) is 97.7 Å². The number of rotatable bonds is 8. The van der Waals surface area contributed by atoms with E-state index in [4.69, 9.17) is 0 Å². The highest BCUT2D eigenvalue weighted by molar-refractivity contribution is 7.89. The van der Waals surface area contributed by atoms with Crippen molar-refractivity contribution in [1.29, 1.82) is 0 Å². The van der Waals surface area contributed by atoms with Crippen LogP contribution in [-0.2, 0) is 21.4 Å². The minimum atomic E-state index is -3.60. The SMILES string of the molecule is CC[C@@H](C)N(C(=O)Cn1nc(C)c(S(=O)(=O)N2CCC(C)CC2)c1C)[C@H](C)CC. The van der Waals surface area contributed by atoms with Crippen LogP contribution in [0.5, 0.6) is 0 Å². The highest BCUT2D eigenvalue weighted by Crippen LogP contribution is 2.27. The fourth-order valence-corrected chi connectivity index (χ4v) is 5.93. The number of carbonyl (C=O) groups excluding carboxylic acids is 1. The third-order valence-electron chi connectivity index (χ3n) is 6.36. The second kappa shape index (κ2) is 9.60. The normalized spacial score (nSPS) is 18.6. The summed E-state index contributed by atoms with van der Waals surface area (Å²) in [4.78, 5) is 15.3. The van der Waals surface area contributed by atoms with Gasteiger partial charge in [0.1, 0.15) is 11.4 Å². The zero-order valence-electron chi connectivity index (χ0n) is 19.1. The maximum atomic E-state index is 13.3. The molecule has 2 rings (SSSR count). The lowest BCUT2D eigenvalue weighted by Gasteiger charge is -2.34. The number of amides is 1. The molecule has 0 unspecified atom stereocenters. The van der Waals surface area contributed by atoms with Gasteiger partial charge < -0.3 is 4.90 Å². The van der Waals surface area contributed by atoms with E-state index in [-0.39, 0.29) is 29.4 Å². The van der Waals surface area contributed by atoms with E-state index in [1.165, 1.54) is 0 Å². The minimum Gasteiger partial charge on any atom is -0.336 e. The fraction of sp³-hybridized carbons (Fsp3) is 0.810. The molecule has 2 atom stereocenters. The lowest BCUT2D eigenvalue weighted by Crippen LogP contribution is -2.46. The molecule has 1 aromatic heterocycles. The average Bonchev–Trinajstić information content (AvgIpc) is 2.95. The van der Waals surface area contributed by atoms with Crippen LogP contribution in [0.25, 0.3) is 0 Å². The van der Waals surface area contributed by atoms with Crippen molar-refractivity contribution in [3.63, 3.8) is 0 Å². The van der Waals surface area contributed by atoms with Crippen LogP contribution in [0.2, 0.25) is 0 Å². The van der Waals surface area contributed by atoms with Crippen molar-refractivity contribution in [1.82, 2.24) is 19.0 Å². The van der Waals surface area contributed by atoms with Gasteiger partial charge in [0, 0.05) is 25.2 Å². The molecule has 1 fully saturated rings. The van der Waals surface area contributed by atoms with Crippen LogP contribution >= 0.6 is 0 Å². The van der Waals surface area contributed by atoms with Crippen LogP contribution < -0.4 is 0 Å². The first-order valence-electron chi connectivity index (χ1n) is 10.9. The summed E-state index contributed by atoms with van der Waals surface area (Å²) in [5.41, 5.74) is 1.01. The van der Waals surface area contributed by atoms with Gasteiger partial charge in [-0.25, -0.2) is 8.42 Å². The quantitative estimate of drug-likeness (QED) is 0.639. The summed E-state index contributed by atoms with van der Waals surface area (Å²) >= 11 is 0. The molecule has 0 spiro atoms. The van der Waals surface area contributed by atoms with Gasteiger partial charge in [-0.15, -0.1) is 0 Å².